The molecule has 0 aliphatic carbocycles. The van der Waals surface area contributed by atoms with E-state index in [1.54, 1.807) is 11.3 Å². The van der Waals surface area contributed by atoms with Crippen LogP contribution in [0.5, 0.6) is 0 Å². The number of nitrogens with zero attached hydrogens (tertiary/aromatic N) is 1. The van der Waals surface area contributed by atoms with Gasteiger partial charge in [-0.15, -0.1) is 11.3 Å². The molecule has 0 radical (unpaired) electrons. The summed E-state index contributed by atoms with van der Waals surface area (Å²) in [4.78, 5) is 3.64. The molecule has 0 saturated carbocycles. The van der Waals surface area contributed by atoms with Crippen LogP contribution in [0.4, 0.5) is 0 Å². The minimum absolute atomic E-state index is 0.144. The number of likely N-dealkylation sites (tertiary alicyclic amines) is 1. The van der Waals surface area contributed by atoms with Gasteiger partial charge in [-0.3, -0.25) is 4.90 Å². The zero-order valence-corrected chi connectivity index (χ0v) is 12.5. The molecule has 2 unspecified atom stereocenters. The Morgan fingerprint density at radius 3 is 2.95 bits per heavy atom. The average Bonchev–Trinajstić information content (AvgIpc) is 2.72. The van der Waals surface area contributed by atoms with E-state index in [4.69, 9.17) is 11.6 Å². The number of halogens is 1. The van der Waals surface area contributed by atoms with Crippen molar-refractivity contribution >= 4 is 33.0 Å². The number of benzene rings is 1. The SMILES string of the molecule is CC1CN(Cc2sc3ccccc3c2Cl)CCC1O. The predicted molar refractivity (Wildman–Crippen MR) is 81.9 cm³/mol. The molecule has 1 aromatic heterocycles. The van der Waals surface area contributed by atoms with Gasteiger partial charge in [0.15, 0.2) is 0 Å². The lowest BCUT2D eigenvalue weighted by Crippen LogP contribution is -2.41. The molecule has 1 aromatic carbocycles. The number of piperidine rings is 1. The van der Waals surface area contributed by atoms with E-state index in [2.05, 4.69) is 30.0 Å². The van der Waals surface area contributed by atoms with Crippen LogP contribution in [0.15, 0.2) is 24.3 Å². The summed E-state index contributed by atoms with van der Waals surface area (Å²) in [6, 6.07) is 8.29. The van der Waals surface area contributed by atoms with Crippen molar-refractivity contribution in [2.75, 3.05) is 13.1 Å². The van der Waals surface area contributed by atoms with Gasteiger partial charge in [0.1, 0.15) is 0 Å². The van der Waals surface area contributed by atoms with Gasteiger partial charge in [0.2, 0.25) is 0 Å². The Balaban J connectivity index is 1.80. The fraction of sp³-hybridized carbons (Fsp3) is 0.467. The van der Waals surface area contributed by atoms with E-state index >= 15 is 0 Å². The molecule has 1 aliphatic heterocycles. The molecule has 1 aliphatic rings. The fourth-order valence-corrected chi connectivity index (χ4v) is 4.27. The first kappa shape index (κ1) is 13.4. The van der Waals surface area contributed by atoms with Crippen LogP contribution in [-0.2, 0) is 6.54 Å². The summed E-state index contributed by atoms with van der Waals surface area (Å²) >= 11 is 8.26. The monoisotopic (exact) mass is 295 g/mol. The van der Waals surface area contributed by atoms with Gasteiger partial charge in [-0.25, -0.2) is 0 Å². The zero-order chi connectivity index (χ0) is 13.4. The summed E-state index contributed by atoms with van der Waals surface area (Å²) in [5.41, 5.74) is 0. The van der Waals surface area contributed by atoms with Crippen molar-refractivity contribution in [2.45, 2.75) is 26.0 Å². The number of hydrogen-bond acceptors (Lipinski definition) is 3. The number of aliphatic hydroxyl groups is 1. The maximum atomic E-state index is 9.78. The maximum absolute atomic E-state index is 9.78. The van der Waals surface area contributed by atoms with Gasteiger partial charge in [-0.2, -0.15) is 0 Å². The number of hydrogen-bond donors (Lipinski definition) is 1. The molecule has 2 aromatic rings. The van der Waals surface area contributed by atoms with Gasteiger partial charge in [-0.1, -0.05) is 36.7 Å². The summed E-state index contributed by atoms with van der Waals surface area (Å²) in [7, 11) is 0. The van der Waals surface area contributed by atoms with Gasteiger partial charge < -0.3 is 5.11 Å². The number of thiophene rings is 1. The van der Waals surface area contributed by atoms with Crippen LogP contribution in [0.25, 0.3) is 10.1 Å². The first-order chi connectivity index (χ1) is 9.15. The van der Waals surface area contributed by atoms with Crippen LogP contribution in [-0.4, -0.2) is 29.2 Å². The summed E-state index contributed by atoms with van der Waals surface area (Å²) in [5.74, 6) is 0.349. The van der Waals surface area contributed by atoms with Crippen LogP contribution < -0.4 is 0 Å². The van der Waals surface area contributed by atoms with Crippen LogP contribution in [0.1, 0.15) is 18.2 Å². The van der Waals surface area contributed by atoms with Crippen LogP contribution in [0.2, 0.25) is 5.02 Å². The smallest absolute Gasteiger partial charge is 0.0637 e. The Morgan fingerprint density at radius 1 is 1.42 bits per heavy atom. The van der Waals surface area contributed by atoms with E-state index in [1.807, 2.05) is 6.07 Å². The van der Waals surface area contributed by atoms with Crippen molar-refractivity contribution in [3.8, 4) is 0 Å². The molecule has 0 amide bonds. The zero-order valence-electron chi connectivity index (χ0n) is 11.0. The molecule has 0 bridgehead atoms. The molecule has 0 spiro atoms. The standard InChI is InChI=1S/C15H18ClNOS/c1-10-8-17(7-6-12(10)18)9-14-15(16)11-4-2-3-5-13(11)19-14/h2-5,10,12,18H,6-9H2,1H3. The third-order valence-electron chi connectivity index (χ3n) is 3.91. The molecule has 1 N–H and O–H groups in total. The number of aliphatic hydroxyl groups excluding tert-OH is 1. The Kier molecular flexibility index (Phi) is 3.81. The average molecular weight is 296 g/mol. The van der Waals surface area contributed by atoms with Crippen molar-refractivity contribution in [1.82, 2.24) is 4.90 Å². The molecule has 2 atom stereocenters. The Morgan fingerprint density at radius 2 is 2.21 bits per heavy atom. The molecular formula is C15H18ClNOS. The summed E-state index contributed by atoms with van der Waals surface area (Å²) in [5, 5.41) is 11.8. The topological polar surface area (TPSA) is 23.5 Å². The highest BCUT2D eigenvalue weighted by Crippen LogP contribution is 2.36. The molecule has 19 heavy (non-hydrogen) atoms. The molecule has 1 saturated heterocycles. The second-order valence-corrected chi connectivity index (χ2v) is 6.92. The second kappa shape index (κ2) is 5.41. The first-order valence-electron chi connectivity index (χ1n) is 6.71. The third-order valence-corrected chi connectivity index (χ3v) is 5.61. The van der Waals surface area contributed by atoms with E-state index in [0.717, 1.165) is 36.5 Å². The molecule has 1 fully saturated rings. The third kappa shape index (κ3) is 2.65. The minimum Gasteiger partial charge on any atom is -0.393 e. The highest BCUT2D eigenvalue weighted by Gasteiger charge is 2.25. The summed E-state index contributed by atoms with van der Waals surface area (Å²) in [6.07, 6.45) is 0.720. The summed E-state index contributed by atoms with van der Waals surface area (Å²) in [6.45, 7) is 4.92. The van der Waals surface area contributed by atoms with Crippen molar-refractivity contribution in [2.24, 2.45) is 5.92 Å². The number of rotatable bonds is 2. The highest BCUT2D eigenvalue weighted by atomic mass is 35.5. The largest absolute Gasteiger partial charge is 0.393 e. The summed E-state index contributed by atoms with van der Waals surface area (Å²) < 4.78 is 1.26. The Bertz CT molecular complexity index is 583. The molecule has 2 nitrogen and oxygen atoms in total. The minimum atomic E-state index is -0.144. The van der Waals surface area contributed by atoms with E-state index in [0.29, 0.717) is 5.92 Å². The van der Waals surface area contributed by atoms with Gasteiger partial charge in [-0.05, 0) is 18.4 Å². The van der Waals surface area contributed by atoms with Crippen LogP contribution >= 0.6 is 22.9 Å². The highest BCUT2D eigenvalue weighted by molar-refractivity contribution is 7.19. The van der Waals surface area contributed by atoms with Crippen molar-refractivity contribution < 1.29 is 5.11 Å². The molecular weight excluding hydrogens is 278 g/mol. The maximum Gasteiger partial charge on any atom is 0.0637 e. The Hall–Kier alpha value is -0.610. The normalized spacial score (nSPS) is 25.0. The van der Waals surface area contributed by atoms with Crippen molar-refractivity contribution in [3.05, 3.63) is 34.2 Å². The fourth-order valence-electron chi connectivity index (χ4n) is 2.73. The Labute approximate surface area is 122 Å². The van der Waals surface area contributed by atoms with Crippen molar-refractivity contribution in [3.63, 3.8) is 0 Å². The van der Waals surface area contributed by atoms with Crippen LogP contribution in [0.3, 0.4) is 0 Å². The van der Waals surface area contributed by atoms with Crippen molar-refractivity contribution in [1.29, 1.82) is 0 Å². The van der Waals surface area contributed by atoms with E-state index in [-0.39, 0.29) is 6.10 Å². The molecule has 3 rings (SSSR count). The predicted octanol–water partition coefficient (Wildman–Crippen LogP) is 3.76. The first-order valence-corrected chi connectivity index (χ1v) is 7.91. The molecule has 102 valence electrons. The second-order valence-electron chi connectivity index (χ2n) is 5.40. The quantitative estimate of drug-likeness (QED) is 0.912. The van der Waals surface area contributed by atoms with E-state index < -0.39 is 0 Å². The van der Waals surface area contributed by atoms with Gasteiger partial charge >= 0.3 is 0 Å². The lowest BCUT2D eigenvalue weighted by molar-refractivity contribution is 0.0324. The molecule has 2 heterocycles. The number of fused-ring (bicyclic) bond motifs is 1. The lowest BCUT2D eigenvalue weighted by Gasteiger charge is -2.34. The van der Waals surface area contributed by atoms with Gasteiger partial charge in [0.05, 0.1) is 11.1 Å². The van der Waals surface area contributed by atoms with E-state index in [1.165, 1.54) is 9.58 Å². The van der Waals surface area contributed by atoms with Crippen LogP contribution in [0, 0.1) is 5.92 Å². The van der Waals surface area contributed by atoms with E-state index in [9.17, 15) is 5.11 Å². The molecule has 4 heteroatoms. The lowest BCUT2D eigenvalue weighted by atomic mass is 9.97. The van der Waals surface area contributed by atoms with Gasteiger partial charge in [0.25, 0.3) is 0 Å². The van der Waals surface area contributed by atoms with Gasteiger partial charge in [0, 0.05) is 34.6 Å².